The predicted molar refractivity (Wildman–Crippen MR) is 84.3 cm³/mol. The number of nitro groups is 1. The van der Waals surface area contributed by atoms with Crippen LogP contribution < -0.4 is 0 Å². The summed E-state index contributed by atoms with van der Waals surface area (Å²) in [4.78, 5) is 35.4. The minimum atomic E-state index is -1.34. The summed E-state index contributed by atoms with van der Waals surface area (Å²) in [5, 5.41) is 20.0. The number of carbonyl (C=O) groups is 2. The molecular weight excluding hydrogens is 320 g/mol. The number of carboxylic acid groups (broad SMARTS) is 1. The molecule has 0 aliphatic rings. The van der Waals surface area contributed by atoms with E-state index in [0.717, 1.165) is 18.2 Å². The Morgan fingerprint density at radius 1 is 1.12 bits per heavy atom. The molecule has 1 N–H and O–H groups in total. The molecule has 0 saturated heterocycles. The molecule has 0 spiro atoms. The Bertz CT molecular complexity index is 571. The van der Waals surface area contributed by atoms with Gasteiger partial charge in [0.2, 0.25) is 0 Å². The van der Waals surface area contributed by atoms with Crippen LogP contribution >= 0.6 is 0 Å². The van der Waals surface area contributed by atoms with Crippen molar-refractivity contribution in [3.63, 3.8) is 0 Å². The van der Waals surface area contributed by atoms with E-state index in [9.17, 15) is 19.7 Å². The van der Waals surface area contributed by atoms with Crippen molar-refractivity contribution >= 4 is 17.6 Å². The average Bonchev–Trinajstić information content (AvgIpc) is 2.56. The van der Waals surface area contributed by atoms with Gasteiger partial charge in [-0.1, -0.05) is 0 Å². The fourth-order valence-electron chi connectivity index (χ4n) is 2.06. The van der Waals surface area contributed by atoms with Crippen molar-refractivity contribution in [2.75, 3.05) is 40.5 Å². The van der Waals surface area contributed by atoms with Gasteiger partial charge in [0.25, 0.3) is 11.6 Å². The largest absolute Gasteiger partial charge is 0.478 e. The van der Waals surface area contributed by atoms with Crippen LogP contribution in [0.2, 0.25) is 0 Å². The van der Waals surface area contributed by atoms with E-state index in [2.05, 4.69) is 0 Å². The van der Waals surface area contributed by atoms with E-state index < -0.39 is 22.5 Å². The van der Waals surface area contributed by atoms with Gasteiger partial charge >= 0.3 is 5.97 Å². The molecule has 0 aliphatic heterocycles. The summed E-state index contributed by atoms with van der Waals surface area (Å²) in [6.45, 7) is 1.39. The third-order valence-electron chi connectivity index (χ3n) is 3.25. The number of nitro benzene ring substituents is 1. The summed E-state index contributed by atoms with van der Waals surface area (Å²) in [6, 6.07) is 3.13. The van der Waals surface area contributed by atoms with Gasteiger partial charge < -0.3 is 19.5 Å². The molecule has 0 heterocycles. The smallest absolute Gasteiger partial charge is 0.335 e. The minimum Gasteiger partial charge on any atom is -0.478 e. The molecule has 0 bridgehead atoms. The fraction of sp³-hybridized carbons (Fsp3) is 0.467. The van der Waals surface area contributed by atoms with E-state index in [0.29, 0.717) is 26.2 Å². The number of carbonyl (C=O) groups excluding carboxylic acids is 1. The molecule has 0 fully saturated rings. The third kappa shape index (κ3) is 5.60. The first-order valence-corrected chi connectivity index (χ1v) is 7.20. The zero-order valence-electron chi connectivity index (χ0n) is 13.6. The Morgan fingerprint density at radius 2 is 1.75 bits per heavy atom. The van der Waals surface area contributed by atoms with Gasteiger partial charge in [0.05, 0.1) is 17.1 Å². The van der Waals surface area contributed by atoms with Crippen molar-refractivity contribution in [1.29, 1.82) is 0 Å². The molecule has 1 aromatic carbocycles. The molecule has 0 atom stereocenters. The van der Waals surface area contributed by atoms with Gasteiger partial charge in [0.1, 0.15) is 0 Å². The van der Waals surface area contributed by atoms with E-state index in [1.807, 2.05) is 0 Å². The highest BCUT2D eigenvalue weighted by Gasteiger charge is 2.21. The number of hydrogen-bond donors (Lipinski definition) is 1. The van der Waals surface area contributed by atoms with Crippen LogP contribution in [-0.2, 0) is 9.47 Å². The standard InChI is InChI=1S/C15H20N2O7/c1-23-6-3-4-16(5-7-24-2)14(18)11-8-12(15(19)20)10-13(9-11)17(21)22/h8-10H,3-7H2,1-2H3,(H,19,20). The quantitative estimate of drug-likeness (QED) is 0.388. The van der Waals surface area contributed by atoms with Crippen molar-refractivity contribution in [3.05, 3.63) is 39.4 Å². The van der Waals surface area contributed by atoms with Crippen LogP contribution in [0.25, 0.3) is 0 Å². The molecule has 9 nitrogen and oxygen atoms in total. The molecule has 9 heteroatoms. The Labute approximate surface area is 138 Å². The third-order valence-corrected chi connectivity index (χ3v) is 3.25. The normalized spacial score (nSPS) is 10.4. The van der Waals surface area contributed by atoms with Crippen molar-refractivity contribution in [2.24, 2.45) is 0 Å². The van der Waals surface area contributed by atoms with Crippen LogP contribution in [0.3, 0.4) is 0 Å². The van der Waals surface area contributed by atoms with Crippen molar-refractivity contribution < 1.29 is 29.1 Å². The fourth-order valence-corrected chi connectivity index (χ4v) is 2.06. The van der Waals surface area contributed by atoms with E-state index in [-0.39, 0.29) is 17.7 Å². The lowest BCUT2D eigenvalue weighted by Crippen LogP contribution is -2.35. The van der Waals surface area contributed by atoms with E-state index in [1.165, 1.54) is 12.0 Å². The molecule has 1 rings (SSSR count). The van der Waals surface area contributed by atoms with Gasteiger partial charge in [0, 0.05) is 51.6 Å². The first-order chi connectivity index (χ1) is 11.4. The predicted octanol–water partition coefficient (Wildman–Crippen LogP) is 1.42. The van der Waals surface area contributed by atoms with Gasteiger partial charge in [-0.3, -0.25) is 14.9 Å². The van der Waals surface area contributed by atoms with E-state index >= 15 is 0 Å². The number of aromatic carboxylic acids is 1. The van der Waals surface area contributed by atoms with Crippen LogP contribution in [-0.4, -0.2) is 67.3 Å². The maximum absolute atomic E-state index is 12.6. The second-order valence-corrected chi connectivity index (χ2v) is 4.96. The van der Waals surface area contributed by atoms with E-state index in [1.54, 1.807) is 7.11 Å². The van der Waals surface area contributed by atoms with Crippen LogP contribution in [0, 0.1) is 10.1 Å². The molecule has 1 aromatic rings. The molecular formula is C15H20N2O7. The molecule has 1 amide bonds. The van der Waals surface area contributed by atoms with Gasteiger partial charge in [-0.05, 0) is 12.5 Å². The monoisotopic (exact) mass is 340 g/mol. The zero-order chi connectivity index (χ0) is 18.1. The summed E-state index contributed by atoms with van der Waals surface area (Å²) >= 11 is 0. The molecule has 0 unspecified atom stereocenters. The number of hydrogen-bond acceptors (Lipinski definition) is 6. The molecule has 0 saturated carbocycles. The molecule has 0 aromatic heterocycles. The lowest BCUT2D eigenvalue weighted by atomic mass is 10.1. The molecule has 24 heavy (non-hydrogen) atoms. The molecule has 0 aliphatic carbocycles. The van der Waals surface area contributed by atoms with Gasteiger partial charge in [-0.25, -0.2) is 4.79 Å². The molecule has 0 radical (unpaired) electrons. The summed E-state index contributed by atoms with van der Waals surface area (Å²) in [5.41, 5.74) is -0.798. The summed E-state index contributed by atoms with van der Waals surface area (Å²) in [5.74, 6) is -1.83. The summed E-state index contributed by atoms with van der Waals surface area (Å²) in [7, 11) is 3.04. The van der Waals surface area contributed by atoms with Gasteiger partial charge in [-0.2, -0.15) is 0 Å². The Kier molecular flexibility index (Phi) is 7.80. The Balaban J connectivity index is 3.10. The number of nitrogens with zero attached hydrogens (tertiary/aromatic N) is 2. The SMILES string of the molecule is COCCCN(CCOC)C(=O)c1cc(C(=O)O)cc([N+](=O)[O-])c1. The summed E-state index contributed by atoms with van der Waals surface area (Å²) in [6.07, 6.45) is 0.576. The lowest BCUT2D eigenvalue weighted by molar-refractivity contribution is -0.384. The Hall–Kier alpha value is -2.52. The van der Waals surface area contributed by atoms with Crippen molar-refractivity contribution in [2.45, 2.75) is 6.42 Å². The van der Waals surface area contributed by atoms with Gasteiger partial charge in [-0.15, -0.1) is 0 Å². The second-order valence-electron chi connectivity index (χ2n) is 4.96. The average molecular weight is 340 g/mol. The number of non-ortho nitro benzene ring substituents is 1. The first kappa shape index (κ1) is 19.5. The number of ether oxygens (including phenoxy) is 2. The van der Waals surface area contributed by atoms with Crippen LogP contribution in [0.4, 0.5) is 5.69 Å². The number of methoxy groups -OCH3 is 2. The highest BCUT2D eigenvalue weighted by Crippen LogP contribution is 2.19. The van der Waals surface area contributed by atoms with Crippen molar-refractivity contribution in [3.8, 4) is 0 Å². The number of rotatable bonds is 10. The van der Waals surface area contributed by atoms with Crippen LogP contribution in [0.15, 0.2) is 18.2 Å². The van der Waals surface area contributed by atoms with Gasteiger partial charge in [0.15, 0.2) is 0 Å². The van der Waals surface area contributed by atoms with Crippen LogP contribution in [0.5, 0.6) is 0 Å². The topological polar surface area (TPSA) is 119 Å². The maximum Gasteiger partial charge on any atom is 0.335 e. The number of benzene rings is 1. The Morgan fingerprint density at radius 3 is 2.29 bits per heavy atom. The lowest BCUT2D eigenvalue weighted by Gasteiger charge is -2.22. The van der Waals surface area contributed by atoms with Crippen molar-refractivity contribution in [1.82, 2.24) is 4.90 Å². The zero-order valence-corrected chi connectivity index (χ0v) is 13.6. The number of amides is 1. The minimum absolute atomic E-state index is 0.0462. The molecule has 132 valence electrons. The number of carboxylic acids is 1. The first-order valence-electron chi connectivity index (χ1n) is 7.20. The highest BCUT2D eigenvalue weighted by atomic mass is 16.6. The van der Waals surface area contributed by atoms with Crippen LogP contribution in [0.1, 0.15) is 27.1 Å². The van der Waals surface area contributed by atoms with E-state index in [4.69, 9.17) is 14.6 Å². The maximum atomic E-state index is 12.6. The summed E-state index contributed by atoms with van der Waals surface area (Å²) < 4.78 is 9.91. The second kappa shape index (κ2) is 9.58. The highest BCUT2D eigenvalue weighted by molar-refractivity contribution is 5.98.